The van der Waals surface area contributed by atoms with Gasteiger partial charge in [0.05, 0.1) is 11.5 Å². The Morgan fingerprint density at radius 3 is 2.74 bits per heavy atom. The number of likely N-dealkylation sites (tertiary alicyclic amines) is 1. The highest BCUT2D eigenvalue weighted by atomic mass is 16.6. The molecule has 6 nitrogen and oxygen atoms in total. The van der Waals surface area contributed by atoms with Gasteiger partial charge >= 0.3 is 0 Å². The zero-order valence-corrected chi connectivity index (χ0v) is 10.7. The molecule has 6 heteroatoms. The molecule has 0 saturated carbocycles. The van der Waals surface area contributed by atoms with Crippen LogP contribution >= 0.6 is 0 Å². The van der Waals surface area contributed by atoms with Gasteiger partial charge in [-0.3, -0.25) is 15.0 Å². The molecule has 0 bridgehead atoms. The quantitative estimate of drug-likeness (QED) is 0.624. The van der Waals surface area contributed by atoms with E-state index in [2.05, 4.69) is 4.90 Å². The molecule has 1 N–H and O–H groups in total. The molecule has 0 aliphatic carbocycles. The minimum absolute atomic E-state index is 0.0315. The third-order valence-electron chi connectivity index (χ3n) is 3.29. The lowest BCUT2D eigenvalue weighted by molar-refractivity contribution is -0.385. The first-order valence-electron chi connectivity index (χ1n) is 6.44. The topological polar surface area (TPSA) is 75.8 Å². The third kappa shape index (κ3) is 3.65. The van der Waals surface area contributed by atoms with Gasteiger partial charge in [0.25, 0.3) is 5.69 Å². The van der Waals surface area contributed by atoms with Crippen molar-refractivity contribution in [3.63, 3.8) is 0 Å². The summed E-state index contributed by atoms with van der Waals surface area (Å²) in [4.78, 5) is 12.5. The molecular formula is C13H18N2O4. The molecule has 1 aromatic carbocycles. The molecular weight excluding hydrogens is 248 g/mol. The molecule has 1 aliphatic heterocycles. The van der Waals surface area contributed by atoms with Crippen molar-refractivity contribution >= 4 is 5.69 Å². The first kappa shape index (κ1) is 13.8. The molecule has 19 heavy (non-hydrogen) atoms. The summed E-state index contributed by atoms with van der Waals surface area (Å²) in [5.74, 6) is 0.521. The van der Waals surface area contributed by atoms with Crippen LogP contribution in [0.25, 0.3) is 0 Å². The van der Waals surface area contributed by atoms with E-state index in [0.717, 1.165) is 19.6 Å². The van der Waals surface area contributed by atoms with Crippen LogP contribution in [0, 0.1) is 10.1 Å². The van der Waals surface area contributed by atoms with Gasteiger partial charge in [-0.15, -0.1) is 0 Å². The summed E-state index contributed by atoms with van der Waals surface area (Å²) >= 11 is 0. The molecule has 0 atom stereocenters. The lowest BCUT2D eigenvalue weighted by Crippen LogP contribution is -2.25. The highest BCUT2D eigenvalue weighted by Crippen LogP contribution is 2.24. The lowest BCUT2D eigenvalue weighted by Gasteiger charge is -2.16. The van der Waals surface area contributed by atoms with Crippen LogP contribution in [0.15, 0.2) is 18.2 Å². The second-order valence-corrected chi connectivity index (χ2v) is 4.60. The summed E-state index contributed by atoms with van der Waals surface area (Å²) in [6.07, 6.45) is 2.47. The molecule has 1 aliphatic rings. The van der Waals surface area contributed by atoms with Crippen molar-refractivity contribution in [1.29, 1.82) is 0 Å². The maximum Gasteiger partial charge on any atom is 0.270 e. The largest absolute Gasteiger partial charge is 0.492 e. The molecule has 0 radical (unpaired) electrons. The van der Waals surface area contributed by atoms with Crippen molar-refractivity contribution in [3.05, 3.63) is 33.9 Å². The lowest BCUT2D eigenvalue weighted by atomic mass is 10.2. The van der Waals surface area contributed by atoms with E-state index >= 15 is 0 Å². The van der Waals surface area contributed by atoms with Crippen molar-refractivity contribution in [1.82, 2.24) is 4.90 Å². The second kappa shape index (κ2) is 6.49. The second-order valence-electron chi connectivity index (χ2n) is 4.60. The number of aliphatic hydroxyl groups is 1. The van der Waals surface area contributed by atoms with E-state index in [9.17, 15) is 15.2 Å². The van der Waals surface area contributed by atoms with Crippen LogP contribution in [0.5, 0.6) is 5.75 Å². The highest BCUT2D eigenvalue weighted by molar-refractivity contribution is 5.43. The fourth-order valence-corrected chi connectivity index (χ4v) is 2.23. The van der Waals surface area contributed by atoms with Crippen molar-refractivity contribution < 1.29 is 14.8 Å². The SMILES string of the molecule is O=[N+]([O-])c1ccc(OCCN2CCCC2)c(CO)c1. The normalized spacial score (nSPS) is 15.6. The van der Waals surface area contributed by atoms with Crippen molar-refractivity contribution in [2.75, 3.05) is 26.2 Å². The molecule has 1 fully saturated rings. The van der Waals surface area contributed by atoms with Gasteiger partial charge < -0.3 is 9.84 Å². The molecule has 0 aromatic heterocycles. The minimum atomic E-state index is -0.479. The summed E-state index contributed by atoms with van der Waals surface area (Å²) in [5.41, 5.74) is 0.423. The molecule has 104 valence electrons. The van der Waals surface area contributed by atoms with E-state index in [1.165, 1.54) is 25.0 Å². The van der Waals surface area contributed by atoms with Crippen LogP contribution in [-0.4, -0.2) is 41.2 Å². The van der Waals surface area contributed by atoms with Crippen molar-refractivity contribution in [2.24, 2.45) is 0 Å². The summed E-state index contributed by atoms with van der Waals surface area (Å²) in [6, 6.07) is 4.29. The maximum atomic E-state index is 10.6. The Bertz CT molecular complexity index is 444. The zero-order valence-electron chi connectivity index (χ0n) is 10.7. The molecule has 0 unspecified atom stereocenters. The number of rotatable bonds is 6. The number of aliphatic hydroxyl groups excluding tert-OH is 1. The third-order valence-corrected chi connectivity index (χ3v) is 3.29. The van der Waals surface area contributed by atoms with E-state index < -0.39 is 4.92 Å². The fraction of sp³-hybridized carbons (Fsp3) is 0.538. The van der Waals surface area contributed by atoms with Gasteiger partial charge in [-0.05, 0) is 32.0 Å². The number of nitro benzene ring substituents is 1. The monoisotopic (exact) mass is 266 g/mol. The summed E-state index contributed by atoms with van der Waals surface area (Å²) in [7, 11) is 0. The number of non-ortho nitro benzene ring substituents is 1. The Balaban J connectivity index is 1.93. The number of benzene rings is 1. The molecule has 1 aromatic rings. The van der Waals surface area contributed by atoms with Gasteiger partial charge in [-0.25, -0.2) is 0 Å². The Morgan fingerprint density at radius 2 is 2.11 bits per heavy atom. The Morgan fingerprint density at radius 1 is 1.37 bits per heavy atom. The molecule has 2 rings (SSSR count). The zero-order chi connectivity index (χ0) is 13.7. The fourth-order valence-electron chi connectivity index (χ4n) is 2.23. The molecule has 1 saturated heterocycles. The maximum absolute atomic E-state index is 10.6. The Labute approximate surface area is 111 Å². The van der Waals surface area contributed by atoms with Gasteiger partial charge in [0.15, 0.2) is 0 Å². The van der Waals surface area contributed by atoms with E-state index in [-0.39, 0.29) is 12.3 Å². The number of ether oxygens (including phenoxy) is 1. The Hall–Kier alpha value is -1.66. The van der Waals surface area contributed by atoms with Crippen LogP contribution in [0.4, 0.5) is 5.69 Å². The van der Waals surface area contributed by atoms with Gasteiger partial charge in [0.1, 0.15) is 12.4 Å². The van der Waals surface area contributed by atoms with E-state index in [0.29, 0.717) is 17.9 Å². The van der Waals surface area contributed by atoms with Crippen LogP contribution in [0.3, 0.4) is 0 Å². The van der Waals surface area contributed by atoms with Crippen LogP contribution in [0.1, 0.15) is 18.4 Å². The van der Waals surface area contributed by atoms with E-state index in [4.69, 9.17) is 4.74 Å². The van der Waals surface area contributed by atoms with Gasteiger partial charge in [-0.1, -0.05) is 0 Å². The van der Waals surface area contributed by atoms with Gasteiger partial charge in [0, 0.05) is 24.2 Å². The van der Waals surface area contributed by atoms with Crippen molar-refractivity contribution in [3.8, 4) is 5.75 Å². The summed E-state index contributed by atoms with van der Waals surface area (Å²) in [6.45, 7) is 3.33. The average Bonchev–Trinajstić information content (AvgIpc) is 2.92. The number of nitro groups is 1. The van der Waals surface area contributed by atoms with Crippen LogP contribution in [0.2, 0.25) is 0 Å². The Kier molecular flexibility index (Phi) is 4.70. The van der Waals surface area contributed by atoms with E-state index in [1.807, 2.05) is 0 Å². The average molecular weight is 266 g/mol. The summed E-state index contributed by atoms with van der Waals surface area (Å²) in [5, 5.41) is 19.9. The van der Waals surface area contributed by atoms with Crippen LogP contribution < -0.4 is 4.74 Å². The van der Waals surface area contributed by atoms with E-state index in [1.54, 1.807) is 6.07 Å². The van der Waals surface area contributed by atoms with Crippen LogP contribution in [-0.2, 0) is 6.61 Å². The highest BCUT2D eigenvalue weighted by Gasteiger charge is 2.13. The molecule has 0 spiro atoms. The number of hydrogen-bond donors (Lipinski definition) is 1. The minimum Gasteiger partial charge on any atom is -0.492 e. The smallest absolute Gasteiger partial charge is 0.270 e. The molecule has 1 heterocycles. The van der Waals surface area contributed by atoms with Gasteiger partial charge in [-0.2, -0.15) is 0 Å². The first-order valence-corrected chi connectivity index (χ1v) is 6.44. The van der Waals surface area contributed by atoms with Gasteiger partial charge in [0.2, 0.25) is 0 Å². The predicted octanol–water partition coefficient (Wildman–Crippen LogP) is 1.56. The molecule has 0 amide bonds. The first-order chi connectivity index (χ1) is 9.20. The predicted molar refractivity (Wildman–Crippen MR) is 70.2 cm³/mol. The summed E-state index contributed by atoms with van der Waals surface area (Å²) < 4.78 is 5.60. The number of hydrogen-bond acceptors (Lipinski definition) is 5. The standard InChI is InChI=1S/C13H18N2O4/c16-10-11-9-12(15(17)18)3-4-13(11)19-8-7-14-5-1-2-6-14/h3-4,9,16H,1-2,5-8,10H2. The number of nitrogens with zero attached hydrogens (tertiary/aromatic N) is 2. The van der Waals surface area contributed by atoms with Crippen molar-refractivity contribution in [2.45, 2.75) is 19.4 Å².